The SMILES string of the molecule is COc1cc(N(C)C)ccc1C=CC1=CC(=C(C#N)c2ccco2)C=C(c2ccccc2)O1. The predicted molar refractivity (Wildman–Crippen MR) is 131 cm³/mol. The van der Waals surface area contributed by atoms with Gasteiger partial charge in [-0.1, -0.05) is 30.3 Å². The Labute approximate surface area is 193 Å². The molecule has 2 aromatic carbocycles. The first kappa shape index (κ1) is 21.8. The maximum Gasteiger partial charge on any atom is 0.145 e. The molecule has 0 saturated heterocycles. The molecule has 4 rings (SSSR count). The number of hydrogen-bond donors (Lipinski definition) is 0. The van der Waals surface area contributed by atoms with Crippen LogP contribution < -0.4 is 9.64 Å². The van der Waals surface area contributed by atoms with Gasteiger partial charge in [0.15, 0.2) is 0 Å². The Bertz CT molecular complexity index is 1290. The molecule has 0 radical (unpaired) electrons. The lowest BCUT2D eigenvalue weighted by molar-refractivity contribution is 0.396. The van der Waals surface area contributed by atoms with Gasteiger partial charge in [-0.25, -0.2) is 0 Å². The quantitative estimate of drug-likeness (QED) is 0.425. The molecule has 0 atom stereocenters. The summed E-state index contributed by atoms with van der Waals surface area (Å²) in [5.41, 5.74) is 4.04. The lowest BCUT2D eigenvalue weighted by Gasteiger charge is -2.18. The van der Waals surface area contributed by atoms with Gasteiger partial charge in [-0.3, -0.25) is 0 Å². The third-order valence-corrected chi connectivity index (χ3v) is 5.20. The Hall–Kier alpha value is -4.43. The lowest BCUT2D eigenvalue weighted by Crippen LogP contribution is -2.08. The summed E-state index contributed by atoms with van der Waals surface area (Å²) in [7, 11) is 5.63. The van der Waals surface area contributed by atoms with E-state index in [-0.39, 0.29) is 0 Å². The van der Waals surface area contributed by atoms with E-state index in [1.807, 2.05) is 91.8 Å². The van der Waals surface area contributed by atoms with E-state index >= 15 is 0 Å². The Morgan fingerprint density at radius 2 is 1.82 bits per heavy atom. The highest BCUT2D eigenvalue weighted by Crippen LogP contribution is 2.33. The van der Waals surface area contributed by atoms with Crippen LogP contribution in [-0.4, -0.2) is 21.2 Å². The number of nitrogens with zero attached hydrogens (tertiary/aromatic N) is 2. The number of anilines is 1. The fraction of sp³-hybridized carbons (Fsp3) is 0.107. The van der Waals surface area contributed by atoms with Crippen LogP contribution in [0.3, 0.4) is 0 Å². The first-order chi connectivity index (χ1) is 16.1. The first-order valence-electron chi connectivity index (χ1n) is 10.5. The number of allylic oxidation sites excluding steroid dienone is 5. The summed E-state index contributed by atoms with van der Waals surface area (Å²) in [6, 6.07) is 21.6. The highest BCUT2D eigenvalue weighted by atomic mass is 16.5. The monoisotopic (exact) mass is 436 g/mol. The molecule has 0 N–H and O–H groups in total. The van der Waals surface area contributed by atoms with Gasteiger partial charge in [-0.05, 0) is 48.6 Å². The molecule has 3 aromatic rings. The van der Waals surface area contributed by atoms with E-state index < -0.39 is 0 Å². The molecular formula is C28H24N2O3. The van der Waals surface area contributed by atoms with Crippen molar-refractivity contribution in [2.24, 2.45) is 0 Å². The lowest BCUT2D eigenvalue weighted by atomic mass is 10.0. The van der Waals surface area contributed by atoms with Crippen molar-refractivity contribution in [2.45, 2.75) is 0 Å². The maximum absolute atomic E-state index is 9.83. The molecule has 0 aliphatic carbocycles. The van der Waals surface area contributed by atoms with Gasteiger partial charge in [0.1, 0.15) is 34.7 Å². The summed E-state index contributed by atoms with van der Waals surface area (Å²) >= 11 is 0. The maximum atomic E-state index is 9.83. The van der Waals surface area contributed by atoms with Crippen molar-refractivity contribution in [1.29, 1.82) is 5.26 Å². The van der Waals surface area contributed by atoms with Gasteiger partial charge in [0.25, 0.3) is 0 Å². The van der Waals surface area contributed by atoms with Crippen molar-refractivity contribution in [2.75, 3.05) is 26.1 Å². The number of furan rings is 1. The summed E-state index contributed by atoms with van der Waals surface area (Å²) in [5.74, 6) is 2.53. The smallest absolute Gasteiger partial charge is 0.145 e. The molecular weight excluding hydrogens is 412 g/mol. The molecule has 2 heterocycles. The predicted octanol–water partition coefficient (Wildman–Crippen LogP) is 6.30. The van der Waals surface area contributed by atoms with Gasteiger partial charge < -0.3 is 18.8 Å². The molecule has 0 unspecified atom stereocenters. The van der Waals surface area contributed by atoms with Crippen LogP contribution in [0.1, 0.15) is 16.9 Å². The third kappa shape index (κ3) is 4.91. The van der Waals surface area contributed by atoms with Crippen LogP contribution in [0, 0.1) is 11.3 Å². The number of benzene rings is 2. The van der Waals surface area contributed by atoms with Gasteiger partial charge in [0, 0.05) is 42.5 Å². The van der Waals surface area contributed by atoms with Crippen LogP contribution >= 0.6 is 0 Å². The number of ether oxygens (including phenoxy) is 2. The zero-order valence-corrected chi connectivity index (χ0v) is 18.8. The van der Waals surface area contributed by atoms with Crippen molar-refractivity contribution >= 4 is 23.1 Å². The van der Waals surface area contributed by atoms with Gasteiger partial charge in [-0.2, -0.15) is 5.26 Å². The molecule has 0 saturated carbocycles. The highest BCUT2D eigenvalue weighted by molar-refractivity contribution is 5.84. The van der Waals surface area contributed by atoms with Crippen molar-refractivity contribution in [3.63, 3.8) is 0 Å². The second-order valence-corrected chi connectivity index (χ2v) is 7.60. The van der Waals surface area contributed by atoms with E-state index in [2.05, 4.69) is 6.07 Å². The summed E-state index contributed by atoms with van der Waals surface area (Å²) < 4.78 is 17.2. The zero-order chi connectivity index (χ0) is 23.2. The molecule has 0 fully saturated rings. The second-order valence-electron chi connectivity index (χ2n) is 7.60. The number of nitriles is 1. The van der Waals surface area contributed by atoms with E-state index in [4.69, 9.17) is 13.9 Å². The first-order valence-corrected chi connectivity index (χ1v) is 10.5. The van der Waals surface area contributed by atoms with Crippen LogP contribution in [0.15, 0.2) is 101 Å². The van der Waals surface area contributed by atoms with Gasteiger partial charge in [0.05, 0.1) is 13.4 Å². The van der Waals surface area contributed by atoms with E-state index in [1.165, 1.54) is 0 Å². The van der Waals surface area contributed by atoms with Crippen LogP contribution in [0.2, 0.25) is 0 Å². The average molecular weight is 437 g/mol. The van der Waals surface area contributed by atoms with Crippen LogP contribution in [0.5, 0.6) is 5.75 Å². The summed E-state index contributed by atoms with van der Waals surface area (Å²) in [6.07, 6.45) is 9.07. The van der Waals surface area contributed by atoms with Gasteiger partial charge in [0.2, 0.25) is 0 Å². The molecule has 5 heteroatoms. The molecule has 1 aliphatic heterocycles. The fourth-order valence-corrected chi connectivity index (χ4v) is 3.46. The zero-order valence-electron chi connectivity index (χ0n) is 18.8. The summed E-state index contributed by atoms with van der Waals surface area (Å²) in [4.78, 5) is 2.02. The number of methoxy groups -OCH3 is 1. The Morgan fingerprint density at radius 3 is 2.48 bits per heavy atom. The van der Waals surface area contributed by atoms with Crippen molar-refractivity contribution < 1.29 is 13.9 Å². The molecule has 0 bridgehead atoms. The fourth-order valence-electron chi connectivity index (χ4n) is 3.46. The van der Waals surface area contributed by atoms with Crippen molar-refractivity contribution in [3.05, 3.63) is 113 Å². The topological polar surface area (TPSA) is 58.6 Å². The van der Waals surface area contributed by atoms with Crippen molar-refractivity contribution in [3.8, 4) is 11.8 Å². The van der Waals surface area contributed by atoms with Crippen LogP contribution in [-0.2, 0) is 4.74 Å². The largest absolute Gasteiger partial charge is 0.496 e. The van der Waals surface area contributed by atoms with E-state index in [1.54, 1.807) is 25.5 Å². The molecule has 0 amide bonds. The molecule has 33 heavy (non-hydrogen) atoms. The Balaban J connectivity index is 1.75. The van der Waals surface area contributed by atoms with Crippen LogP contribution in [0.25, 0.3) is 17.4 Å². The molecule has 164 valence electrons. The standard InChI is InChI=1S/C28H24N2O3/c1-30(2)23-13-11-21(27(18-23)31-3)12-14-24-16-22(25(19-29)26-10-7-15-32-26)17-28(33-24)20-8-5-4-6-9-20/h4-18H,1-3H3. The molecule has 1 aliphatic rings. The summed E-state index contributed by atoms with van der Waals surface area (Å²) in [5, 5.41) is 9.83. The van der Waals surface area contributed by atoms with Gasteiger partial charge in [-0.15, -0.1) is 0 Å². The highest BCUT2D eigenvalue weighted by Gasteiger charge is 2.17. The minimum atomic E-state index is 0.440. The average Bonchev–Trinajstić information content (AvgIpc) is 3.38. The number of rotatable bonds is 6. The van der Waals surface area contributed by atoms with Crippen molar-refractivity contribution in [1.82, 2.24) is 0 Å². The minimum Gasteiger partial charge on any atom is -0.496 e. The molecule has 5 nitrogen and oxygen atoms in total. The molecule has 1 aromatic heterocycles. The normalized spacial score (nSPS) is 14.7. The Morgan fingerprint density at radius 1 is 1.00 bits per heavy atom. The van der Waals surface area contributed by atoms with Crippen LogP contribution in [0.4, 0.5) is 5.69 Å². The van der Waals surface area contributed by atoms with E-state index in [9.17, 15) is 5.26 Å². The second kappa shape index (κ2) is 9.80. The van der Waals surface area contributed by atoms with E-state index in [0.29, 0.717) is 28.4 Å². The third-order valence-electron chi connectivity index (χ3n) is 5.20. The summed E-state index contributed by atoms with van der Waals surface area (Å²) in [6.45, 7) is 0. The van der Waals surface area contributed by atoms with E-state index in [0.717, 1.165) is 22.6 Å². The molecule has 0 spiro atoms. The minimum absolute atomic E-state index is 0.440. The van der Waals surface area contributed by atoms with Gasteiger partial charge >= 0.3 is 0 Å². The Kier molecular flexibility index (Phi) is 6.47. The number of hydrogen-bond acceptors (Lipinski definition) is 5.